The zero-order valence-corrected chi connectivity index (χ0v) is 54.7. The number of fused-ring (bicyclic) bond motifs is 12. The minimum absolute atomic E-state index is 1.15. The Bertz CT molecular complexity index is 6480. The summed E-state index contributed by atoms with van der Waals surface area (Å²) in [6.07, 6.45) is 0. The zero-order chi connectivity index (χ0) is 66.0. The highest BCUT2D eigenvalue weighted by atomic mass is 15.0. The first kappa shape index (κ1) is 58.1. The number of nitrogens with zero attached hydrogens (tertiary/aromatic N) is 4. The summed E-state index contributed by atoms with van der Waals surface area (Å²) in [4.78, 5) is 0. The van der Waals surface area contributed by atoms with Crippen LogP contribution in [0.2, 0.25) is 0 Å². The molecule has 4 heterocycles. The Labute approximate surface area is 579 Å². The van der Waals surface area contributed by atoms with Gasteiger partial charge in [0.05, 0.1) is 44.1 Å². The van der Waals surface area contributed by atoms with Crippen LogP contribution < -0.4 is 0 Å². The Morgan fingerprint density at radius 2 is 0.380 bits per heavy atom. The van der Waals surface area contributed by atoms with E-state index in [4.69, 9.17) is 0 Å². The average Bonchev–Trinajstić information content (AvgIpc) is 1.59. The van der Waals surface area contributed by atoms with Crippen LogP contribution in [0.25, 0.3) is 177 Å². The van der Waals surface area contributed by atoms with E-state index in [0.717, 1.165) is 17.1 Å². The van der Waals surface area contributed by atoms with Crippen molar-refractivity contribution in [2.45, 2.75) is 0 Å². The van der Waals surface area contributed by atoms with Gasteiger partial charge in [0.2, 0.25) is 0 Å². The number of rotatable bonds is 10. The summed E-state index contributed by atoms with van der Waals surface area (Å²) in [6, 6.07) is 141. The third-order valence-electron chi connectivity index (χ3n) is 20.2. The molecule has 4 heteroatoms. The van der Waals surface area contributed by atoms with Crippen molar-refractivity contribution >= 4 is 87.2 Å². The Kier molecular flexibility index (Phi) is 14.2. The van der Waals surface area contributed by atoms with Gasteiger partial charge in [0.25, 0.3) is 0 Å². The highest BCUT2D eigenvalue weighted by Crippen LogP contribution is 2.45. The van der Waals surface area contributed by atoms with E-state index in [1.165, 1.54) is 160 Å². The molecule has 0 unspecified atom stereocenters. The van der Waals surface area contributed by atoms with E-state index in [9.17, 15) is 0 Å². The average molecular weight is 1270 g/mol. The Balaban J connectivity index is 0.000000139. The smallest absolute Gasteiger partial charge is 0.0547 e. The maximum Gasteiger partial charge on any atom is 0.0547 e. The van der Waals surface area contributed by atoms with Gasteiger partial charge in [-0.2, -0.15) is 0 Å². The third-order valence-corrected chi connectivity index (χ3v) is 20.2. The van der Waals surface area contributed by atoms with Gasteiger partial charge in [0.15, 0.2) is 0 Å². The van der Waals surface area contributed by atoms with Gasteiger partial charge in [0, 0.05) is 65.8 Å². The number of para-hydroxylation sites is 4. The van der Waals surface area contributed by atoms with Crippen LogP contribution in [0.15, 0.2) is 388 Å². The second kappa shape index (κ2) is 24.4. The third kappa shape index (κ3) is 9.92. The molecule has 0 aliphatic carbocycles. The van der Waals surface area contributed by atoms with Crippen LogP contribution in [0, 0.1) is 0 Å². The zero-order valence-electron chi connectivity index (χ0n) is 54.7. The van der Waals surface area contributed by atoms with Gasteiger partial charge in [0.1, 0.15) is 0 Å². The quantitative estimate of drug-likeness (QED) is 0.130. The molecule has 0 atom stereocenters. The summed E-state index contributed by atoms with van der Waals surface area (Å²) in [5.74, 6) is 0. The molecule has 0 saturated heterocycles. The first-order valence-electron chi connectivity index (χ1n) is 34.4. The second-order valence-electron chi connectivity index (χ2n) is 25.9. The topological polar surface area (TPSA) is 19.7 Å². The molecule has 0 N–H and O–H groups in total. The van der Waals surface area contributed by atoms with E-state index < -0.39 is 0 Å². The van der Waals surface area contributed by atoms with Gasteiger partial charge in [-0.05, 0) is 188 Å². The lowest BCUT2D eigenvalue weighted by atomic mass is 9.97. The Morgan fingerprint density at radius 3 is 0.780 bits per heavy atom. The molecule has 0 spiro atoms. The van der Waals surface area contributed by atoms with Crippen molar-refractivity contribution in [3.63, 3.8) is 0 Å². The summed E-state index contributed by atoms with van der Waals surface area (Å²) in [5.41, 5.74) is 28.9. The minimum atomic E-state index is 1.15. The SMILES string of the molecule is c1ccc(-c2cccc(-n3c4ccc(-c5ccc6c(c5)c5ccccc5n6-c5ccccc5)cc4c4c(-c5ccccc5)cccc43)c2)cc1.c1ccc(-c2cccc(-n3c4ccccc4c4cc(-c5ccc6c(c5)c5c(-c7ccccc7)cccc5n6-c5ccccc5)ccc43)c2)cc1. The molecule has 20 rings (SSSR count). The summed E-state index contributed by atoms with van der Waals surface area (Å²) in [6.45, 7) is 0. The van der Waals surface area contributed by atoms with Crippen molar-refractivity contribution in [2.75, 3.05) is 0 Å². The van der Waals surface area contributed by atoms with Gasteiger partial charge < -0.3 is 18.3 Å². The van der Waals surface area contributed by atoms with E-state index in [-0.39, 0.29) is 0 Å². The van der Waals surface area contributed by atoms with Crippen LogP contribution >= 0.6 is 0 Å². The standard InChI is InChI=1S/2C48H32N2/c1-4-14-33(15-5-1)35-18-12-21-39(30-35)50-44-24-11-10-22-41(44)42-31-36(26-28-45(42)50)37-27-29-46-43(32-37)48-40(34-16-6-2-7-17-34)23-13-25-47(48)49(46)38-19-8-3-9-20-38;1-4-14-33(15-5-1)35-18-12-21-39(30-35)50-46-29-27-37(32-43(46)48-40(23-13-25-47(48)50)34-16-6-2-7-17-34)36-26-28-45-42(31-36)41-22-10-11-24-44(41)49(45)38-19-8-3-9-20-38/h2*1-32H. The molecule has 0 radical (unpaired) electrons. The van der Waals surface area contributed by atoms with E-state index >= 15 is 0 Å². The van der Waals surface area contributed by atoms with Crippen LogP contribution in [-0.4, -0.2) is 18.3 Å². The summed E-state index contributed by atoms with van der Waals surface area (Å²) in [5, 5.41) is 10.1. The van der Waals surface area contributed by atoms with E-state index in [1.54, 1.807) is 0 Å². The van der Waals surface area contributed by atoms with Crippen LogP contribution in [-0.2, 0) is 0 Å². The molecule has 4 nitrogen and oxygen atoms in total. The maximum atomic E-state index is 2.43. The monoisotopic (exact) mass is 1270 g/mol. The molecule has 0 fully saturated rings. The Hall–Kier alpha value is -13.3. The predicted octanol–water partition coefficient (Wildman–Crippen LogP) is 25.8. The fourth-order valence-electron chi connectivity index (χ4n) is 15.7. The fourth-order valence-corrected chi connectivity index (χ4v) is 15.7. The van der Waals surface area contributed by atoms with Gasteiger partial charge in [-0.15, -0.1) is 0 Å². The number of hydrogen-bond donors (Lipinski definition) is 0. The predicted molar refractivity (Wildman–Crippen MR) is 423 cm³/mol. The largest absolute Gasteiger partial charge is 0.309 e. The number of aromatic nitrogens is 4. The summed E-state index contributed by atoms with van der Waals surface area (Å²) in [7, 11) is 0. The van der Waals surface area contributed by atoms with Crippen molar-refractivity contribution in [1.29, 1.82) is 0 Å². The summed E-state index contributed by atoms with van der Waals surface area (Å²) < 4.78 is 9.62. The molecular weight excluding hydrogens is 1210 g/mol. The first-order chi connectivity index (χ1) is 49.6. The molecule has 100 heavy (non-hydrogen) atoms. The maximum absolute atomic E-state index is 2.43. The van der Waals surface area contributed by atoms with Crippen molar-refractivity contribution in [2.24, 2.45) is 0 Å². The van der Waals surface area contributed by atoms with E-state index in [2.05, 4.69) is 407 Å². The second-order valence-corrected chi connectivity index (χ2v) is 25.9. The highest BCUT2D eigenvalue weighted by Gasteiger charge is 2.22. The van der Waals surface area contributed by atoms with Crippen LogP contribution in [0.4, 0.5) is 0 Å². The molecule has 20 aromatic rings. The van der Waals surface area contributed by atoms with Crippen molar-refractivity contribution in [1.82, 2.24) is 18.3 Å². The lowest BCUT2D eigenvalue weighted by Crippen LogP contribution is -1.94. The lowest BCUT2D eigenvalue weighted by Gasteiger charge is -2.11. The van der Waals surface area contributed by atoms with Crippen molar-refractivity contribution in [3.8, 4) is 89.5 Å². The van der Waals surface area contributed by atoms with Crippen molar-refractivity contribution < 1.29 is 0 Å². The number of hydrogen-bond acceptors (Lipinski definition) is 0. The normalized spacial score (nSPS) is 11.6. The van der Waals surface area contributed by atoms with Crippen LogP contribution in [0.3, 0.4) is 0 Å². The van der Waals surface area contributed by atoms with Gasteiger partial charge in [-0.1, -0.05) is 267 Å². The molecule has 4 aromatic heterocycles. The number of benzene rings is 16. The molecule has 468 valence electrons. The van der Waals surface area contributed by atoms with Crippen molar-refractivity contribution in [3.05, 3.63) is 388 Å². The molecule has 0 saturated carbocycles. The van der Waals surface area contributed by atoms with Crippen LogP contribution in [0.5, 0.6) is 0 Å². The molecule has 0 aliphatic rings. The van der Waals surface area contributed by atoms with Gasteiger partial charge in [-0.3, -0.25) is 0 Å². The van der Waals surface area contributed by atoms with Crippen LogP contribution in [0.1, 0.15) is 0 Å². The van der Waals surface area contributed by atoms with E-state index in [0.29, 0.717) is 0 Å². The van der Waals surface area contributed by atoms with Gasteiger partial charge >= 0.3 is 0 Å². The molecule has 0 aliphatic heterocycles. The first-order valence-corrected chi connectivity index (χ1v) is 34.4. The highest BCUT2D eigenvalue weighted by molar-refractivity contribution is 6.19. The molecule has 0 bridgehead atoms. The lowest BCUT2D eigenvalue weighted by molar-refractivity contribution is 1.18. The van der Waals surface area contributed by atoms with Gasteiger partial charge in [-0.25, -0.2) is 0 Å². The molecule has 0 amide bonds. The molecular formula is C96H64N4. The Morgan fingerprint density at radius 1 is 0.130 bits per heavy atom. The minimum Gasteiger partial charge on any atom is -0.309 e. The summed E-state index contributed by atoms with van der Waals surface area (Å²) >= 11 is 0. The fraction of sp³-hybridized carbons (Fsp3) is 0. The van der Waals surface area contributed by atoms with E-state index in [1.807, 2.05) is 0 Å². The molecule has 16 aromatic carbocycles.